The first-order chi connectivity index (χ1) is 17.7. The van der Waals surface area contributed by atoms with E-state index < -0.39 is 10.0 Å². The van der Waals surface area contributed by atoms with E-state index in [4.69, 9.17) is 11.6 Å². The maximum atomic E-state index is 13.3. The summed E-state index contributed by atoms with van der Waals surface area (Å²) in [5, 5.41) is 9.29. The lowest BCUT2D eigenvalue weighted by molar-refractivity contribution is 0.0706. The summed E-state index contributed by atoms with van der Waals surface area (Å²) in [4.78, 5) is 15.0. The largest absolute Gasteiger partial charge is 0.329 e. The van der Waals surface area contributed by atoms with E-state index in [9.17, 15) is 13.2 Å². The lowest BCUT2D eigenvalue weighted by Gasteiger charge is -2.28. The van der Waals surface area contributed by atoms with Gasteiger partial charge in [0.15, 0.2) is 5.82 Å². The number of nitrogens with zero attached hydrogens (tertiary/aromatic N) is 4. The van der Waals surface area contributed by atoms with Crippen LogP contribution >= 0.6 is 27.5 Å². The van der Waals surface area contributed by atoms with Crippen LogP contribution in [0.5, 0.6) is 0 Å². The molecular formula is C26H23BrClN5O3S. The van der Waals surface area contributed by atoms with Gasteiger partial charge in [-0.3, -0.25) is 9.52 Å². The second-order valence-corrected chi connectivity index (χ2v) is 11.7. The maximum absolute atomic E-state index is 13.3. The molecule has 37 heavy (non-hydrogen) atoms. The average Bonchev–Trinajstić information content (AvgIpc) is 3.29. The van der Waals surface area contributed by atoms with Crippen molar-refractivity contribution in [3.8, 4) is 0 Å². The molecule has 8 nitrogen and oxygen atoms in total. The van der Waals surface area contributed by atoms with Crippen LogP contribution in [0.3, 0.4) is 0 Å². The first kappa shape index (κ1) is 25.4. The van der Waals surface area contributed by atoms with E-state index in [1.54, 1.807) is 29.2 Å². The second-order valence-electron chi connectivity index (χ2n) is 8.80. The molecule has 0 bridgehead atoms. The normalized spacial score (nSPS) is 13.3. The van der Waals surface area contributed by atoms with Crippen molar-refractivity contribution in [3.63, 3.8) is 0 Å². The lowest BCUT2D eigenvalue weighted by Crippen LogP contribution is -2.38. The fraction of sp³-hybridized carbons (Fsp3) is 0.192. The van der Waals surface area contributed by atoms with Crippen molar-refractivity contribution in [3.05, 3.63) is 105 Å². The number of aromatic nitrogens is 3. The molecule has 5 rings (SSSR count). The summed E-state index contributed by atoms with van der Waals surface area (Å²) in [6.07, 6.45) is 0.546. The highest BCUT2D eigenvalue weighted by Crippen LogP contribution is 2.27. The summed E-state index contributed by atoms with van der Waals surface area (Å²) in [5.41, 5.74) is 2.59. The lowest BCUT2D eigenvalue weighted by atomic mass is 10.1. The summed E-state index contributed by atoms with van der Waals surface area (Å²) in [5.74, 6) is 1.20. The van der Waals surface area contributed by atoms with Gasteiger partial charge in [0.1, 0.15) is 5.82 Å². The van der Waals surface area contributed by atoms with Gasteiger partial charge in [0.05, 0.1) is 17.1 Å². The third-order valence-corrected chi connectivity index (χ3v) is 8.60. The average molecular weight is 601 g/mol. The molecule has 0 aliphatic carbocycles. The van der Waals surface area contributed by atoms with Gasteiger partial charge in [-0.15, -0.1) is 10.2 Å². The van der Waals surface area contributed by atoms with Gasteiger partial charge >= 0.3 is 0 Å². The minimum absolute atomic E-state index is 0.00829. The molecule has 4 aromatic rings. The van der Waals surface area contributed by atoms with Crippen molar-refractivity contribution in [1.29, 1.82) is 0 Å². The fourth-order valence-corrected chi connectivity index (χ4v) is 6.03. The number of hydrogen-bond donors (Lipinski definition) is 1. The van der Waals surface area contributed by atoms with Crippen molar-refractivity contribution >= 4 is 49.1 Å². The topological polar surface area (TPSA) is 97.2 Å². The zero-order valence-corrected chi connectivity index (χ0v) is 23.0. The van der Waals surface area contributed by atoms with Gasteiger partial charge in [0.2, 0.25) is 0 Å². The van der Waals surface area contributed by atoms with E-state index >= 15 is 0 Å². The van der Waals surface area contributed by atoms with E-state index in [0.29, 0.717) is 40.5 Å². The highest BCUT2D eigenvalue weighted by Gasteiger charge is 2.26. The number of nitrogens with one attached hydrogen (secondary N) is 1. The molecule has 1 N–H and O–H groups in total. The standard InChI is InChI=1S/C26H23BrClN5O3S/c1-17-9-10-21(27)23(13-17)31-37(35,36)20-7-4-6-19(14-20)26(34)32-11-12-33-24(29-30-25(33)16-32)15-18-5-2-3-8-22(18)28/h2-10,13-14,31H,11-12,15-16H2,1H3. The van der Waals surface area contributed by atoms with Gasteiger partial charge in [-0.05, 0) is 70.4 Å². The zero-order chi connectivity index (χ0) is 26.2. The second kappa shape index (κ2) is 10.3. The Balaban J connectivity index is 1.33. The Hall–Kier alpha value is -3.21. The van der Waals surface area contributed by atoms with Crippen molar-refractivity contribution in [2.75, 3.05) is 11.3 Å². The Morgan fingerprint density at radius 3 is 2.68 bits per heavy atom. The molecule has 0 saturated carbocycles. The van der Waals surface area contributed by atoms with E-state index in [1.165, 1.54) is 12.1 Å². The highest BCUT2D eigenvalue weighted by atomic mass is 79.9. The molecule has 190 valence electrons. The minimum Gasteiger partial charge on any atom is -0.329 e. The number of rotatable bonds is 6. The molecule has 0 radical (unpaired) electrons. The zero-order valence-electron chi connectivity index (χ0n) is 19.9. The number of carbonyl (C=O) groups is 1. The summed E-state index contributed by atoms with van der Waals surface area (Å²) < 4.78 is 31.4. The van der Waals surface area contributed by atoms with E-state index in [0.717, 1.165) is 17.0 Å². The number of benzene rings is 3. The van der Waals surface area contributed by atoms with Crippen molar-refractivity contribution in [2.24, 2.45) is 0 Å². The summed E-state index contributed by atoms with van der Waals surface area (Å²) in [7, 11) is -3.91. The number of carbonyl (C=O) groups excluding carboxylic acids is 1. The van der Waals surface area contributed by atoms with E-state index in [2.05, 4.69) is 30.8 Å². The van der Waals surface area contributed by atoms with E-state index in [-0.39, 0.29) is 22.9 Å². The molecule has 11 heteroatoms. The molecule has 1 aliphatic rings. The van der Waals surface area contributed by atoms with E-state index in [1.807, 2.05) is 41.8 Å². The van der Waals surface area contributed by atoms with Crippen LogP contribution in [-0.4, -0.2) is 40.5 Å². The Bertz CT molecular complexity index is 1610. The quantitative estimate of drug-likeness (QED) is 0.334. The van der Waals surface area contributed by atoms with Crippen LogP contribution in [0.2, 0.25) is 5.02 Å². The Morgan fingerprint density at radius 2 is 1.86 bits per heavy atom. The Kier molecular flexibility index (Phi) is 7.06. The molecule has 0 atom stereocenters. The number of amides is 1. The van der Waals surface area contributed by atoms with Crippen LogP contribution in [0.15, 0.2) is 76.1 Å². The van der Waals surface area contributed by atoms with Crippen molar-refractivity contribution < 1.29 is 13.2 Å². The predicted molar refractivity (Wildman–Crippen MR) is 145 cm³/mol. The molecule has 1 aromatic heterocycles. The van der Waals surface area contributed by atoms with Crippen LogP contribution in [0.25, 0.3) is 0 Å². The van der Waals surface area contributed by atoms with Crippen LogP contribution in [-0.2, 0) is 29.5 Å². The van der Waals surface area contributed by atoms with Crippen LogP contribution in [0, 0.1) is 6.92 Å². The number of fused-ring (bicyclic) bond motifs is 1. The highest BCUT2D eigenvalue weighted by molar-refractivity contribution is 9.10. The monoisotopic (exact) mass is 599 g/mol. The smallest absolute Gasteiger partial charge is 0.261 e. The molecule has 0 unspecified atom stereocenters. The van der Waals surface area contributed by atoms with Crippen LogP contribution in [0.4, 0.5) is 5.69 Å². The number of halogens is 2. The molecule has 0 saturated heterocycles. The van der Waals surface area contributed by atoms with Gasteiger partial charge in [0.25, 0.3) is 15.9 Å². The first-order valence-electron chi connectivity index (χ1n) is 11.5. The third-order valence-electron chi connectivity index (χ3n) is 6.18. The van der Waals surface area contributed by atoms with Gasteiger partial charge in [0, 0.05) is 34.6 Å². The van der Waals surface area contributed by atoms with Gasteiger partial charge < -0.3 is 9.47 Å². The number of hydrogen-bond acceptors (Lipinski definition) is 5. The molecule has 1 aliphatic heterocycles. The molecule has 1 amide bonds. The van der Waals surface area contributed by atoms with Gasteiger partial charge in [-0.1, -0.05) is 41.9 Å². The minimum atomic E-state index is -3.91. The molecule has 0 fully saturated rings. The van der Waals surface area contributed by atoms with Crippen molar-refractivity contribution in [2.45, 2.75) is 31.3 Å². The summed E-state index contributed by atoms with van der Waals surface area (Å²) >= 11 is 9.68. The Morgan fingerprint density at radius 1 is 1.05 bits per heavy atom. The third kappa shape index (κ3) is 5.41. The first-order valence-corrected chi connectivity index (χ1v) is 14.2. The predicted octanol–water partition coefficient (Wildman–Crippen LogP) is 5.05. The molecule has 0 spiro atoms. The number of anilines is 1. The number of sulfonamides is 1. The summed E-state index contributed by atoms with van der Waals surface area (Å²) in [6.45, 7) is 3.14. The van der Waals surface area contributed by atoms with Crippen LogP contribution < -0.4 is 4.72 Å². The fourth-order valence-electron chi connectivity index (χ4n) is 4.23. The molecular weight excluding hydrogens is 578 g/mol. The summed E-state index contributed by atoms with van der Waals surface area (Å²) in [6, 6.07) is 19.1. The van der Waals surface area contributed by atoms with Gasteiger partial charge in [-0.2, -0.15) is 0 Å². The van der Waals surface area contributed by atoms with Crippen LogP contribution in [0.1, 0.15) is 33.1 Å². The van der Waals surface area contributed by atoms with Gasteiger partial charge in [-0.25, -0.2) is 8.42 Å². The maximum Gasteiger partial charge on any atom is 0.261 e. The van der Waals surface area contributed by atoms with Crippen molar-refractivity contribution in [1.82, 2.24) is 19.7 Å². The molecule has 2 heterocycles. The molecule has 3 aromatic carbocycles. The Labute approximate surface area is 228 Å². The number of aryl methyl sites for hydroxylation is 1. The SMILES string of the molecule is Cc1ccc(Br)c(NS(=O)(=O)c2cccc(C(=O)N3CCn4c(Cc5ccccc5Cl)nnc4C3)c2)c1.